The first-order chi connectivity index (χ1) is 8.19. The fourth-order valence-corrected chi connectivity index (χ4v) is 1.75. The second-order valence-electron chi connectivity index (χ2n) is 4.60. The number of hydrogen-bond donors (Lipinski definition) is 1. The van der Waals surface area contributed by atoms with Crippen LogP contribution in [0.1, 0.15) is 32.9 Å². The molecule has 0 aliphatic carbocycles. The van der Waals surface area contributed by atoms with Crippen LogP contribution in [0.15, 0.2) is 12.5 Å². The van der Waals surface area contributed by atoms with Crippen LogP contribution in [0, 0.1) is 0 Å². The maximum Gasteiger partial charge on any atom is 0.0949 e. The lowest BCUT2D eigenvalue weighted by atomic mass is 10.2. The summed E-state index contributed by atoms with van der Waals surface area (Å²) in [5, 5.41) is 3.34. The normalized spacial score (nSPS) is 13.2. The smallest absolute Gasteiger partial charge is 0.0949 e. The summed E-state index contributed by atoms with van der Waals surface area (Å²) in [5.74, 6) is 0. The van der Waals surface area contributed by atoms with Crippen LogP contribution < -0.4 is 5.32 Å². The van der Waals surface area contributed by atoms with Crippen molar-refractivity contribution in [2.45, 2.75) is 46.3 Å². The molecule has 1 unspecified atom stereocenters. The first-order valence-corrected chi connectivity index (χ1v) is 6.59. The number of rotatable bonds is 8. The van der Waals surface area contributed by atoms with Gasteiger partial charge in [0.05, 0.1) is 12.0 Å². The Balaban J connectivity index is 2.43. The van der Waals surface area contributed by atoms with Gasteiger partial charge in [-0.3, -0.25) is 0 Å². The highest BCUT2D eigenvalue weighted by molar-refractivity contribution is 4.97. The van der Waals surface area contributed by atoms with Gasteiger partial charge in [-0.25, -0.2) is 4.98 Å². The first kappa shape index (κ1) is 14.2. The highest BCUT2D eigenvalue weighted by atomic mass is 15.2. The molecule has 1 rings (SSSR count). The predicted molar refractivity (Wildman–Crippen MR) is 72.0 cm³/mol. The van der Waals surface area contributed by atoms with E-state index in [1.807, 2.05) is 12.5 Å². The van der Waals surface area contributed by atoms with Crippen molar-refractivity contribution in [2.75, 3.05) is 20.1 Å². The molecule has 0 aliphatic heterocycles. The zero-order valence-electron chi connectivity index (χ0n) is 11.6. The van der Waals surface area contributed by atoms with Crippen molar-refractivity contribution in [3.63, 3.8) is 0 Å². The van der Waals surface area contributed by atoms with E-state index in [2.05, 4.69) is 47.6 Å². The van der Waals surface area contributed by atoms with E-state index in [0.717, 1.165) is 26.2 Å². The Kier molecular flexibility index (Phi) is 6.22. The quantitative estimate of drug-likeness (QED) is 0.748. The molecular formula is C13H26N4. The molecule has 0 radical (unpaired) electrons. The lowest BCUT2D eigenvalue weighted by molar-refractivity contribution is 0.241. The number of aromatic nitrogens is 2. The maximum atomic E-state index is 4.22. The zero-order valence-corrected chi connectivity index (χ0v) is 11.6. The number of nitrogens with one attached hydrogen (secondary N) is 1. The Labute approximate surface area is 105 Å². The van der Waals surface area contributed by atoms with Crippen molar-refractivity contribution in [3.05, 3.63) is 18.2 Å². The third kappa shape index (κ3) is 4.48. The summed E-state index contributed by atoms with van der Waals surface area (Å²) in [6.45, 7) is 10.6. The van der Waals surface area contributed by atoms with E-state index in [4.69, 9.17) is 0 Å². The SMILES string of the molecule is CCNCc1cncn1CCN(C)C(C)CC. The monoisotopic (exact) mass is 238 g/mol. The van der Waals surface area contributed by atoms with E-state index in [-0.39, 0.29) is 0 Å². The van der Waals surface area contributed by atoms with Crippen molar-refractivity contribution in [3.8, 4) is 0 Å². The second-order valence-corrected chi connectivity index (χ2v) is 4.60. The topological polar surface area (TPSA) is 33.1 Å². The Hall–Kier alpha value is -0.870. The van der Waals surface area contributed by atoms with Crippen LogP contribution in [0.2, 0.25) is 0 Å². The van der Waals surface area contributed by atoms with Crippen molar-refractivity contribution in [1.29, 1.82) is 0 Å². The molecule has 1 heterocycles. The molecule has 98 valence electrons. The van der Waals surface area contributed by atoms with Gasteiger partial charge in [0.15, 0.2) is 0 Å². The molecule has 0 spiro atoms. The molecule has 0 saturated carbocycles. The molecule has 4 nitrogen and oxygen atoms in total. The van der Waals surface area contributed by atoms with Crippen molar-refractivity contribution < 1.29 is 0 Å². The van der Waals surface area contributed by atoms with Gasteiger partial charge in [0, 0.05) is 31.9 Å². The average molecular weight is 238 g/mol. The van der Waals surface area contributed by atoms with Crippen LogP contribution in [0.25, 0.3) is 0 Å². The summed E-state index contributed by atoms with van der Waals surface area (Å²) in [4.78, 5) is 6.62. The van der Waals surface area contributed by atoms with Gasteiger partial charge in [0.1, 0.15) is 0 Å². The predicted octanol–water partition coefficient (Wildman–Crippen LogP) is 1.72. The van der Waals surface area contributed by atoms with Crippen LogP contribution in [-0.2, 0) is 13.1 Å². The molecule has 1 aromatic rings. The summed E-state index contributed by atoms with van der Waals surface area (Å²) in [6.07, 6.45) is 5.08. The minimum absolute atomic E-state index is 0.649. The summed E-state index contributed by atoms with van der Waals surface area (Å²) in [5.41, 5.74) is 1.27. The summed E-state index contributed by atoms with van der Waals surface area (Å²) < 4.78 is 2.24. The average Bonchev–Trinajstić information content (AvgIpc) is 2.79. The van der Waals surface area contributed by atoms with Crippen LogP contribution in [-0.4, -0.2) is 40.6 Å². The van der Waals surface area contributed by atoms with Gasteiger partial charge >= 0.3 is 0 Å². The number of nitrogens with zero attached hydrogens (tertiary/aromatic N) is 3. The van der Waals surface area contributed by atoms with Gasteiger partial charge in [-0.1, -0.05) is 13.8 Å². The Morgan fingerprint density at radius 1 is 1.47 bits per heavy atom. The fourth-order valence-electron chi connectivity index (χ4n) is 1.75. The molecule has 1 N–H and O–H groups in total. The number of imidazole rings is 1. The van der Waals surface area contributed by atoms with E-state index < -0.39 is 0 Å². The molecule has 0 bridgehead atoms. The Morgan fingerprint density at radius 2 is 2.24 bits per heavy atom. The van der Waals surface area contributed by atoms with Crippen LogP contribution in [0.4, 0.5) is 0 Å². The van der Waals surface area contributed by atoms with Gasteiger partial charge < -0.3 is 14.8 Å². The third-order valence-electron chi connectivity index (χ3n) is 3.39. The minimum Gasteiger partial charge on any atom is -0.332 e. The minimum atomic E-state index is 0.649. The molecule has 1 aromatic heterocycles. The van der Waals surface area contributed by atoms with E-state index in [1.54, 1.807) is 0 Å². The molecule has 0 saturated heterocycles. The van der Waals surface area contributed by atoms with E-state index in [0.29, 0.717) is 6.04 Å². The van der Waals surface area contributed by atoms with Crippen LogP contribution >= 0.6 is 0 Å². The van der Waals surface area contributed by atoms with Gasteiger partial charge in [-0.15, -0.1) is 0 Å². The summed E-state index contributed by atoms with van der Waals surface area (Å²) in [6, 6.07) is 0.649. The number of likely N-dealkylation sites (N-methyl/N-ethyl adjacent to an activating group) is 1. The third-order valence-corrected chi connectivity index (χ3v) is 3.39. The molecule has 1 atom stereocenters. The molecule has 17 heavy (non-hydrogen) atoms. The lowest BCUT2D eigenvalue weighted by Crippen LogP contribution is -2.31. The maximum absolute atomic E-state index is 4.22. The van der Waals surface area contributed by atoms with E-state index in [1.165, 1.54) is 12.1 Å². The van der Waals surface area contributed by atoms with Gasteiger partial charge in [0.25, 0.3) is 0 Å². The standard InChI is InChI=1S/C13H26N4/c1-5-12(3)16(4)7-8-17-11-15-10-13(17)9-14-6-2/h10-12,14H,5-9H2,1-4H3. The second kappa shape index (κ2) is 7.45. The van der Waals surface area contributed by atoms with E-state index >= 15 is 0 Å². The molecule has 0 aliphatic rings. The van der Waals surface area contributed by atoms with Gasteiger partial charge in [-0.05, 0) is 26.9 Å². The zero-order chi connectivity index (χ0) is 12.7. The molecule has 4 heteroatoms. The molecule has 0 fully saturated rings. The Bertz CT molecular complexity index is 308. The van der Waals surface area contributed by atoms with Crippen LogP contribution in [0.3, 0.4) is 0 Å². The van der Waals surface area contributed by atoms with Crippen LogP contribution in [0.5, 0.6) is 0 Å². The van der Waals surface area contributed by atoms with Crippen molar-refractivity contribution in [2.24, 2.45) is 0 Å². The summed E-state index contributed by atoms with van der Waals surface area (Å²) in [7, 11) is 2.19. The molecule has 0 aromatic carbocycles. The largest absolute Gasteiger partial charge is 0.332 e. The van der Waals surface area contributed by atoms with E-state index in [9.17, 15) is 0 Å². The molecular weight excluding hydrogens is 212 g/mol. The highest BCUT2D eigenvalue weighted by Gasteiger charge is 2.07. The first-order valence-electron chi connectivity index (χ1n) is 6.59. The van der Waals surface area contributed by atoms with Crippen molar-refractivity contribution in [1.82, 2.24) is 19.8 Å². The molecule has 0 amide bonds. The van der Waals surface area contributed by atoms with Gasteiger partial charge in [-0.2, -0.15) is 0 Å². The van der Waals surface area contributed by atoms with Crippen molar-refractivity contribution >= 4 is 0 Å². The van der Waals surface area contributed by atoms with Gasteiger partial charge in [0.2, 0.25) is 0 Å². The highest BCUT2D eigenvalue weighted by Crippen LogP contribution is 2.03. The Morgan fingerprint density at radius 3 is 2.88 bits per heavy atom. The summed E-state index contributed by atoms with van der Waals surface area (Å²) >= 11 is 0. The fraction of sp³-hybridized carbons (Fsp3) is 0.769. The number of hydrogen-bond acceptors (Lipinski definition) is 3. The lowest BCUT2D eigenvalue weighted by Gasteiger charge is -2.23.